The maximum absolute atomic E-state index is 12.2. The summed E-state index contributed by atoms with van der Waals surface area (Å²) in [7, 11) is 0. The predicted molar refractivity (Wildman–Crippen MR) is 91.0 cm³/mol. The zero-order chi connectivity index (χ0) is 16.9. The first-order chi connectivity index (χ1) is 10.3. The lowest BCUT2D eigenvalue weighted by atomic mass is 10.1. The van der Waals surface area contributed by atoms with Crippen LogP contribution in [-0.4, -0.2) is 40.1 Å². The Hall–Kier alpha value is -1.02. The van der Waals surface area contributed by atoms with Gasteiger partial charge in [0.05, 0.1) is 29.2 Å². The highest BCUT2D eigenvalue weighted by Crippen LogP contribution is 2.20. The van der Waals surface area contributed by atoms with Gasteiger partial charge >= 0.3 is 5.97 Å². The molecule has 1 aromatic rings. The van der Waals surface area contributed by atoms with E-state index in [2.05, 4.69) is 39.0 Å². The van der Waals surface area contributed by atoms with Crippen LogP contribution in [0.4, 0.5) is 0 Å². The normalized spacial score (nSPS) is 13.5. The zero-order valence-electron chi connectivity index (χ0n) is 13.2. The Bertz CT molecular complexity index is 548. The number of aromatic nitrogens is 2. The number of halogens is 1. The van der Waals surface area contributed by atoms with Crippen molar-refractivity contribution in [3.05, 3.63) is 15.9 Å². The van der Waals surface area contributed by atoms with Crippen LogP contribution in [0.25, 0.3) is 0 Å². The van der Waals surface area contributed by atoms with Crippen molar-refractivity contribution < 1.29 is 14.3 Å². The molecule has 0 aliphatic rings. The van der Waals surface area contributed by atoms with Crippen LogP contribution in [0.5, 0.6) is 0 Å². The number of carbonyl (C=O) groups excluding carboxylic acids is 2. The van der Waals surface area contributed by atoms with Gasteiger partial charge in [-0.15, -0.1) is 0 Å². The molecular formula is C14H22BrN3O3S. The third-order valence-corrected chi connectivity index (χ3v) is 4.77. The lowest BCUT2D eigenvalue weighted by Crippen LogP contribution is -2.46. The summed E-state index contributed by atoms with van der Waals surface area (Å²) in [6.45, 7) is 8.05. The van der Waals surface area contributed by atoms with Crippen LogP contribution in [0.3, 0.4) is 0 Å². The molecule has 8 heteroatoms. The average molecular weight is 392 g/mol. The van der Waals surface area contributed by atoms with Crippen molar-refractivity contribution in [3.63, 3.8) is 0 Å². The molecule has 1 aromatic heterocycles. The van der Waals surface area contributed by atoms with Gasteiger partial charge in [-0.05, 0) is 36.7 Å². The second kappa shape index (κ2) is 8.57. The minimum absolute atomic E-state index is 0.197. The van der Waals surface area contributed by atoms with Crippen molar-refractivity contribution in [3.8, 4) is 0 Å². The van der Waals surface area contributed by atoms with E-state index in [1.54, 1.807) is 18.5 Å². The first-order valence-electron chi connectivity index (χ1n) is 7.09. The van der Waals surface area contributed by atoms with E-state index in [1.807, 2.05) is 13.8 Å². The van der Waals surface area contributed by atoms with Gasteiger partial charge in [-0.3, -0.25) is 9.48 Å². The molecule has 0 aromatic carbocycles. The smallest absolute Gasteiger partial charge is 0.329 e. The fourth-order valence-electron chi connectivity index (χ4n) is 1.93. The zero-order valence-corrected chi connectivity index (χ0v) is 15.7. The number of amides is 1. The molecule has 1 rings (SSSR count). The van der Waals surface area contributed by atoms with Crippen molar-refractivity contribution in [2.75, 3.05) is 12.4 Å². The summed E-state index contributed by atoms with van der Waals surface area (Å²) in [5, 5.41) is 7.05. The van der Waals surface area contributed by atoms with Gasteiger partial charge in [-0.1, -0.05) is 6.92 Å². The summed E-state index contributed by atoms with van der Waals surface area (Å²) in [4.78, 5) is 23.9. The molecule has 0 fully saturated rings. The molecule has 0 aliphatic carbocycles. The molecule has 0 aliphatic heterocycles. The van der Waals surface area contributed by atoms with Gasteiger partial charge in [0.1, 0.15) is 6.04 Å². The van der Waals surface area contributed by atoms with Crippen molar-refractivity contribution in [1.29, 1.82) is 0 Å². The largest absolute Gasteiger partial charge is 0.464 e. The van der Waals surface area contributed by atoms with Gasteiger partial charge in [-0.25, -0.2) is 4.79 Å². The maximum Gasteiger partial charge on any atom is 0.329 e. The second-order valence-corrected chi connectivity index (χ2v) is 6.22. The third-order valence-electron chi connectivity index (χ3n) is 3.26. The van der Waals surface area contributed by atoms with E-state index in [0.29, 0.717) is 6.54 Å². The Morgan fingerprint density at radius 2 is 2.09 bits per heavy atom. The SMILES string of the molecule is CCOC(=O)[C@H](CS)NC(=O)C(C)Cn1nc(C)c(Br)c1C. The molecule has 6 nitrogen and oxygen atoms in total. The summed E-state index contributed by atoms with van der Waals surface area (Å²) in [5.41, 5.74) is 1.85. The highest BCUT2D eigenvalue weighted by Gasteiger charge is 2.24. The minimum Gasteiger partial charge on any atom is -0.464 e. The first-order valence-corrected chi connectivity index (χ1v) is 8.51. The van der Waals surface area contributed by atoms with E-state index in [-0.39, 0.29) is 24.2 Å². The number of rotatable bonds is 7. The number of hydrogen-bond donors (Lipinski definition) is 2. The number of esters is 1. The molecular weight excluding hydrogens is 370 g/mol. The van der Waals surface area contributed by atoms with Crippen molar-refractivity contribution in [2.45, 2.75) is 40.3 Å². The number of thiol groups is 1. The Kier molecular flexibility index (Phi) is 7.41. The molecule has 0 bridgehead atoms. The minimum atomic E-state index is -0.731. The summed E-state index contributed by atoms with van der Waals surface area (Å²) >= 11 is 7.54. The Labute approximate surface area is 144 Å². The number of carbonyl (C=O) groups is 2. The number of nitrogens with zero attached hydrogens (tertiary/aromatic N) is 2. The van der Waals surface area contributed by atoms with E-state index >= 15 is 0 Å². The van der Waals surface area contributed by atoms with Crippen LogP contribution in [0.2, 0.25) is 0 Å². The predicted octanol–water partition coefficient (Wildman–Crippen LogP) is 1.88. The van der Waals surface area contributed by atoms with E-state index in [0.717, 1.165) is 15.9 Å². The molecule has 0 radical (unpaired) electrons. The van der Waals surface area contributed by atoms with Gasteiger partial charge < -0.3 is 10.1 Å². The summed E-state index contributed by atoms with van der Waals surface area (Å²) in [6.07, 6.45) is 0. The van der Waals surface area contributed by atoms with Crippen molar-refractivity contribution >= 4 is 40.4 Å². The molecule has 1 unspecified atom stereocenters. The monoisotopic (exact) mass is 391 g/mol. The molecule has 1 N–H and O–H groups in total. The fraction of sp³-hybridized carbons (Fsp3) is 0.643. The van der Waals surface area contributed by atoms with E-state index in [1.165, 1.54) is 0 Å². The molecule has 0 saturated carbocycles. The van der Waals surface area contributed by atoms with E-state index in [4.69, 9.17) is 4.74 Å². The van der Waals surface area contributed by atoms with Gasteiger partial charge in [0.2, 0.25) is 5.91 Å². The first kappa shape index (κ1) is 19.0. The molecule has 2 atom stereocenters. The number of nitrogens with one attached hydrogen (secondary N) is 1. The van der Waals surface area contributed by atoms with Gasteiger partial charge in [-0.2, -0.15) is 17.7 Å². The summed E-state index contributed by atoms with van der Waals surface area (Å²) < 4.78 is 7.63. The molecule has 1 heterocycles. The van der Waals surface area contributed by atoms with E-state index < -0.39 is 12.0 Å². The van der Waals surface area contributed by atoms with Gasteiger partial charge in [0, 0.05) is 11.4 Å². The topological polar surface area (TPSA) is 73.2 Å². The van der Waals surface area contributed by atoms with Gasteiger partial charge in [0.25, 0.3) is 0 Å². The van der Waals surface area contributed by atoms with Crippen LogP contribution in [-0.2, 0) is 20.9 Å². The van der Waals surface area contributed by atoms with E-state index in [9.17, 15) is 9.59 Å². The molecule has 22 heavy (non-hydrogen) atoms. The Morgan fingerprint density at radius 3 is 2.55 bits per heavy atom. The van der Waals surface area contributed by atoms with Crippen LogP contribution >= 0.6 is 28.6 Å². The molecule has 0 spiro atoms. The lowest BCUT2D eigenvalue weighted by Gasteiger charge is -2.18. The maximum atomic E-state index is 12.2. The molecule has 124 valence electrons. The number of hydrogen-bond acceptors (Lipinski definition) is 5. The van der Waals surface area contributed by atoms with Crippen LogP contribution in [0.1, 0.15) is 25.2 Å². The molecule has 0 saturated heterocycles. The van der Waals surface area contributed by atoms with Crippen LogP contribution in [0.15, 0.2) is 4.47 Å². The molecule has 1 amide bonds. The Balaban J connectivity index is 2.68. The highest BCUT2D eigenvalue weighted by molar-refractivity contribution is 9.10. The quantitative estimate of drug-likeness (QED) is 0.549. The van der Waals surface area contributed by atoms with Crippen LogP contribution < -0.4 is 5.32 Å². The average Bonchev–Trinajstić information content (AvgIpc) is 2.71. The van der Waals surface area contributed by atoms with Crippen molar-refractivity contribution in [2.24, 2.45) is 5.92 Å². The standard InChI is InChI=1S/C14H22BrN3O3S/c1-5-21-14(20)11(7-22)16-13(19)8(2)6-18-10(4)12(15)9(3)17-18/h8,11,22H,5-7H2,1-4H3,(H,16,19)/t8?,11-/m0/s1. The summed E-state index contributed by atoms with van der Waals surface area (Å²) in [6, 6.07) is -0.731. The second-order valence-electron chi connectivity index (χ2n) is 5.06. The lowest BCUT2D eigenvalue weighted by molar-refractivity contribution is -0.147. The third kappa shape index (κ3) is 4.74. The van der Waals surface area contributed by atoms with Gasteiger partial charge in [0.15, 0.2) is 0 Å². The van der Waals surface area contributed by atoms with Crippen LogP contribution in [0, 0.1) is 19.8 Å². The highest BCUT2D eigenvalue weighted by atomic mass is 79.9. The number of ether oxygens (including phenoxy) is 1. The Morgan fingerprint density at radius 1 is 1.45 bits per heavy atom. The number of aryl methyl sites for hydroxylation is 1. The fourth-order valence-corrected chi connectivity index (χ4v) is 2.46. The summed E-state index contributed by atoms with van der Waals surface area (Å²) in [5.74, 6) is -0.827. The van der Waals surface area contributed by atoms with Crippen molar-refractivity contribution in [1.82, 2.24) is 15.1 Å².